The second-order valence-corrected chi connectivity index (χ2v) is 6.74. The molecule has 2 aromatic heterocycles. The van der Waals surface area contributed by atoms with E-state index in [4.69, 9.17) is 23.2 Å². The van der Waals surface area contributed by atoms with Crippen molar-refractivity contribution in [2.45, 2.75) is 19.2 Å². The molecule has 3 aromatic rings. The van der Waals surface area contributed by atoms with E-state index in [0.717, 1.165) is 32.7 Å². The third-order valence-electron chi connectivity index (χ3n) is 3.27. The van der Waals surface area contributed by atoms with Gasteiger partial charge in [-0.15, -0.1) is 11.6 Å². The van der Waals surface area contributed by atoms with Crippen LogP contribution in [0.5, 0.6) is 0 Å². The van der Waals surface area contributed by atoms with Crippen molar-refractivity contribution in [3.8, 4) is 5.69 Å². The number of benzene rings is 1. The predicted octanol–water partition coefficient (Wildman–Crippen LogP) is 5.44. The molecule has 21 heavy (non-hydrogen) atoms. The van der Waals surface area contributed by atoms with Gasteiger partial charge in [-0.3, -0.25) is 4.57 Å². The molecule has 0 aliphatic carbocycles. The van der Waals surface area contributed by atoms with Crippen LogP contribution in [0.3, 0.4) is 0 Å². The van der Waals surface area contributed by atoms with E-state index in [1.54, 1.807) is 6.20 Å². The third kappa shape index (κ3) is 2.56. The summed E-state index contributed by atoms with van der Waals surface area (Å²) in [6.07, 6.45) is 1.74. The number of rotatable bonds is 2. The summed E-state index contributed by atoms with van der Waals surface area (Å²) in [4.78, 5) is 9.02. The maximum Gasteiger partial charge on any atom is 0.164 e. The van der Waals surface area contributed by atoms with Crippen LogP contribution in [-0.4, -0.2) is 14.5 Å². The van der Waals surface area contributed by atoms with Gasteiger partial charge in [-0.25, -0.2) is 9.97 Å². The number of alkyl halides is 1. The van der Waals surface area contributed by atoms with E-state index in [1.807, 2.05) is 42.7 Å². The average molecular weight is 385 g/mol. The van der Waals surface area contributed by atoms with Crippen LogP contribution in [0, 0.1) is 6.92 Å². The van der Waals surface area contributed by atoms with E-state index in [1.165, 1.54) is 0 Å². The molecule has 0 bridgehead atoms. The number of fused-ring (bicyclic) bond motifs is 1. The first-order valence-corrected chi connectivity index (χ1v) is 8.03. The first kappa shape index (κ1) is 14.8. The van der Waals surface area contributed by atoms with Crippen LogP contribution >= 0.6 is 39.1 Å². The maximum absolute atomic E-state index is 6.29. The van der Waals surface area contributed by atoms with Gasteiger partial charge in [0.15, 0.2) is 5.65 Å². The van der Waals surface area contributed by atoms with Crippen LogP contribution < -0.4 is 0 Å². The van der Waals surface area contributed by atoms with Gasteiger partial charge in [-0.1, -0.05) is 11.6 Å². The molecule has 2 heterocycles. The fraction of sp³-hybridized carbons (Fsp3) is 0.200. The molecule has 3 rings (SSSR count). The van der Waals surface area contributed by atoms with Gasteiger partial charge < -0.3 is 0 Å². The van der Waals surface area contributed by atoms with Crippen molar-refractivity contribution in [2.24, 2.45) is 0 Å². The Bertz CT molecular complexity index is 827. The Morgan fingerprint density at radius 3 is 2.81 bits per heavy atom. The highest BCUT2D eigenvalue weighted by molar-refractivity contribution is 9.10. The van der Waals surface area contributed by atoms with E-state index in [0.29, 0.717) is 5.02 Å². The number of pyridine rings is 1. The summed E-state index contributed by atoms with van der Waals surface area (Å²) in [7, 11) is 0. The minimum Gasteiger partial charge on any atom is -0.278 e. The molecule has 1 atom stereocenters. The minimum atomic E-state index is -0.244. The van der Waals surface area contributed by atoms with Gasteiger partial charge in [0, 0.05) is 15.7 Å². The van der Waals surface area contributed by atoms with E-state index in [9.17, 15) is 0 Å². The fourth-order valence-corrected chi connectivity index (χ4v) is 3.18. The minimum absolute atomic E-state index is 0.244. The molecule has 6 heteroatoms. The summed E-state index contributed by atoms with van der Waals surface area (Å²) in [6.45, 7) is 3.86. The third-order valence-corrected chi connectivity index (χ3v) is 4.50. The second-order valence-electron chi connectivity index (χ2n) is 4.82. The van der Waals surface area contributed by atoms with Gasteiger partial charge in [0.25, 0.3) is 0 Å². The van der Waals surface area contributed by atoms with E-state index >= 15 is 0 Å². The second kappa shape index (κ2) is 5.59. The van der Waals surface area contributed by atoms with Crippen molar-refractivity contribution in [1.82, 2.24) is 14.5 Å². The topological polar surface area (TPSA) is 30.7 Å². The van der Waals surface area contributed by atoms with Crippen LogP contribution in [0.1, 0.15) is 23.7 Å². The lowest BCUT2D eigenvalue weighted by atomic mass is 10.2. The molecule has 1 unspecified atom stereocenters. The zero-order valence-corrected chi connectivity index (χ0v) is 14.5. The monoisotopic (exact) mass is 383 g/mol. The molecule has 0 N–H and O–H groups in total. The predicted molar refractivity (Wildman–Crippen MR) is 90.6 cm³/mol. The Labute approximate surface area is 141 Å². The highest BCUT2D eigenvalue weighted by atomic mass is 79.9. The van der Waals surface area contributed by atoms with Gasteiger partial charge in [0.05, 0.1) is 11.1 Å². The zero-order chi connectivity index (χ0) is 15.1. The Balaban J connectivity index is 2.38. The number of aryl methyl sites for hydroxylation is 1. The van der Waals surface area contributed by atoms with Crippen molar-refractivity contribution in [3.63, 3.8) is 0 Å². The van der Waals surface area contributed by atoms with E-state index in [-0.39, 0.29) is 5.38 Å². The summed E-state index contributed by atoms with van der Waals surface area (Å²) >= 11 is 16.2. The van der Waals surface area contributed by atoms with Crippen LogP contribution in [0.25, 0.3) is 16.9 Å². The highest BCUT2D eigenvalue weighted by Gasteiger charge is 2.19. The van der Waals surface area contributed by atoms with Gasteiger partial charge in [0.2, 0.25) is 0 Å². The molecule has 0 fully saturated rings. The summed E-state index contributed by atoms with van der Waals surface area (Å²) in [5.41, 5.74) is 3.46. The molecule has 1 aromatic carbocycles. The largest absolute Gasteiger partial charge is 0.278 e. The average Bonchev–Trinajstić information content (AvgIpc) is 2.82. The van der Waals surface area contributed by atoms with Crippen molar-refractivity contribution in [3.05, 3.63) is 51.3 Å². The normalized spacial score (nSPS) is 12.8. The summed E-state index contributed by atoms with van der Waals surface area (Å²) in [6, 6.07) is 7.67. The summed E-state index contributed by atoms with van der Waals surface area (Å²) in [5, 5.41) is 0.449. The molecule has 0 saturated heterocycles. The molecule has 0 aliphatic heterocycles. The highest BCUT2D eigenvalue weighted by Crippen LogP contribution is 2.33. The van der Waals surface area contributed by atoms with Crippen LogP contribution in [0.15, 0.2) is 34.9 Å². The van der Waals surface area contributed by atoms with Crippen LogP contribution in [0.4, 0.5) is 0 Å². The number of hydrogen-bond donors (Lipinski definition) is 0. The lowest BCUT2D eigenvalue weighted by molar-refractivity contribution is 0.874. The molecule has 0 spiro atoms. The Kier molecular flexibility index (Phi) is 3.95. The van der Waals surface area contributed by atoms with Gasteiger partial charge in [0.1, 0.15) is 11.3 Å². The van der Waals surface area contributed by atoms with E-state index in [2.05, 4.69) is 25.9 Å². The molecule has 0 aliphatic rings. The summed E-state index contributed by atoms with van der Waals surface area (Å²) in [5.74, 6) is 0.742. The molecule has 108 valence electrons. The summed E-state index contributed by atoms with van der Waals surface area (Å²) < 4.78 is 2.87. The lowest BCUT2D eigenvalue weighted by Crippen LogP contribution is -2.04. The van der Waals surface area contributed by atoms with Gasteiger partial charge in [-0.05, 0) is 59.6 Å². The quantitative estimate of drug-likeness (QED) is 0.550. The van der Waals surface area contributed by atoms with Crippen molar-refractivity contribution >= 4 is 50.3 Å². The standard InChI is InChI=1S/C15H12BrCl2N3/c1-8-6-10(16)13(7-11(8)18)21-14(9(2)17)20-12-4-3-5-19-15(12)21/h3-7,9H,1-2H3. The Morgan fingerprint density at radius 1 is 1.33 bits per heavy atom. The Morgan fingerprint density at radius 2 is 2.10 bits per heavy atom. The fourth-order valence-electron chi connectivity index (χ4n) is 2.24. The van der Waals surface area contributed by atoms with E-state index < -0.39 is 0 Å². The Hall–Kier alpha value is -1.10. The zero-order valence-electron chi connectivity index (χ0n) is 11.4. The number of nitrogens with zero attached hydrogens (tertiary/aromatic N) is 3. The molecule has 0 amide bonds. The molecule has 3 nitrogen and oxygen atoms in total. The molecule has 0 radical (unpaired) electrons. The first-order chi connectivity index (χ1) is 9.99. The van der Waals surface area contributed by atoms with Crippen molar-refractivity contribution < 1.29 is 0 Å². The van der Waals surface area contributed by atoms with Crippen molar-refractivity contribution in [1.29, 1.82) is 0 Å². The number of aromatic nitrogens is 3. The molecular weight excluding hydrogens is 373 g/mol. The number of hydrogen-bond acceptors (Lipinski definition) is 2. The van der Waals surface area contributed by atoms with Crippen LogP contribution in [0.2, 0.25) is 5.02 Å². The molecule has 0 saturated carbocycles. The number of imidazole rings is 1. The smallest absolute Gasteiger partial charge is 0.164 e. The number of halogens is 3. The first-order valence-electron chi connectivity index (χ1n) is 6.42. The van der Waals surface area contributed by atoms with Crippen molar-refractivity contribution in [2.75, 3.05) is 0 Å². The van der Waals surface area contributed by atoms with Crippen LogP contribution in [-0.2, 0) is 0 Å². The molecular formula is C15H12BrCl2N3. The maximum atomic E-state index is 6.29. The SMILES string of the molecule is Cc1cc(Br)c(-n2c(C(C)Cl)nc3cccnc32)cc1Cl. The van der Waals surface area contributed by atoms with Gasteiger partial charge in [-0.2, -0.15) is 0 Å². The lowest BCUT2D eigenvalue weighted by Gasteiger charge is -2.13. The van der Waals surface area contributed by atoms with Gasteiger partial charge >= 0.3 is 0 Å².